The Morgan fingerprint density at radius 3 is 2.23 bits per heavy atom. The Kier molecular flexibility index (Phi) is 10.5. The highest BCUT2D eigenvalue weighted by Crippen LogP contribution is 2.38. The highest BCUT2D eigenvalue weighted by atomic mass is 32.2. The molecule has 0 saturated heterocycles. The van der Waals surface area contributed by atoms with Gasteiger partial charge in [0.2, 0.25) is 0 Å². The van der Waals surface area contributed by atoms with Crippen LogP contribution in [0.5, 0.6) is 0 Å². The lowest BCUT2D eigenvalue weighted by Gasteiger charge is -2.27. The molecule has 0 fully saturated rings. The monoisotopic (exact) mass is 626 g/mol. The molecule has 12 heteroatoms. The van der Waals surface area contributed by atoms with Crippen molar-refractivity contribution in [1.29, 1.82) is 0 Å². The van der Waals surface area contributed by atoms with Crippen LogP contribution in [-0.4, -0.2) is 69.4 Å². The first-order valence-electron chi connectivity index (χ1n) is 14.4. The third kappa shape index (κ3) is 7.02. The molecule has 0 aliphatic carbocycles. The van der Waals surface area contributed by atoms with Crippen molar-refractivity contribution >= 4 is 50.0 Å². The van der Waals surface area contributed by atoms with Gasteiger partial charge in [0, 0.05) is 37.1 Å². The van der Waals surface area contributed by atoms with Gasteiger partial charge in [0.25, 0.3) is 21.8 Å². The van der Waals surface area contributed by atoms with Crippen molar-refractivity contribution < 1.29 is 27.5 Å². The van der Waals surface area contributed by atoms with E-state index in [0.29, 0.717) is 42.3 Å². The van der Waals surface area contributed by atoms with Crippen molar-refractivity contribution in [2.24, 2.45) is 0 Å². The molecule has 1 N–H and O–H groups in total. The number of benzene rings is 2. The Labute approximate surface area is 257 Å². The Morgan fingerprint density at radius 2 is 1.63 bits per heavy atom. The molecule has 0 unspecified atom stereocenters. The van der Waals surface area contributed by atoms with Gasteiger partial charge in [-0.2, -0.15) is 0 Å². The minimum atomic E-state index is -3.84. The van der Waals surface area contributed by atoms with Gasteiger partial charge in [-0.1, -0.05) is 32.0 Å². The van der Waals surface area contributed by atoms with Crippen molar-refractivity contribution in [3.05, 3.63) is 76.2 Å². The smallest absolute Gasteiger partial charge is 0.410 e. The summed E-state index contributed by atoms with van der Waals surface area (Å²) >= 11 is 1.28. The van der Waals surface area contributed by atoms with Crippen LogP contribution in [0.15, 0.2) is 59.5 Å². The van der Waals surface area contributed by atoms with Gasteiger partial charge < -0.3 is 19.9 Å². The average Bonchev–Trinajstić information content (AvgIpc) is 3.37. The van der Waals surface area contributed by atoms with Crippen LogP contribution in [0.2, 0.25) is 0 Å². The maximum atomic E-state index is 13.9. The molecule has 10 nitrogen and oxygen atoms in total. The van der Waals surface area contributed by atoms with Gasteiger partial charge in [-0.05, 0) is 68.1 Å². The lowest BCUT2D eigenvalue weighted by Crippen LogP contribution is -2.37. The van der Waals surface area contributed by atoms with Crippen LogP contribution in [0.25, 0.3) is 0 Å². The van der Waals surface area contributed by atoms with E-state index in [-0.39, 0.29) is 29.5 Å². The first kappa shape index (κ1) is 32.0. The van der Waals surface area contributed by atoms with Gasteiger partial charge in [0.15, 0.2) is 0 Å². The zero-order valence-electron chi connectivity index (χ0n) is 25.0. The number of rotatable bonds is 11. The topological polar surface area (TPSA) is 116 Å². The third-order valence-corrected chi connectivity index (χ3v) is 10.1. The molecule has 4 rings (SSSR count). The summed E-state index contributed by atoms with van der Waals surface area (Å²) in [5, 5.41) is 3.34. The van der Waals surface area contributed by atoms with E-state index in [9.17, 15) is 22.8 Å². The number of nitrogens with zero attached hydrogens (tertiary/aromatic N) is 3. The predicted octanol–water partition coefficient (Wildman–Crippen LogP) is 5.60. The van der Waals surface area contributed by atoms with Gasteiger partial charge in [0.1, 0.15) is 5.00 Å². The molecule has 43 heavy (non-hydrogen) atoms. The van der Waals surface area contributed by atoms with Gasteiger partial charge >= 0.3 is 6.09 Å². The van der Waals surface area contributed by atoms with Gasteiger partial charge in [-0.25, -0.2) is 13.2 Å². The molecule has 2 heterocycles. The number of hydrogen-bond donors (Lipinski definition) is 1. The minimum absolute atomic E-state index is 0.0479. The number of anilines is 2. The molecule has 3 aromatic rings. The van der Waals surface area contributed by atoms with Crippen LogP contribution in [0, 0.1) is 0 Å². The second-order valence-electron chi connectivity index (χ2n) is 10.2. The zero-order valence-corrected chi connectivity index (χ0v) is 26.6. The quantitative estimate of drug-likeness (QED) is 0.296. The van der Waals surface area contributed by atoms with Gasteiger partial charge in [-0.3, -0.25) is 13.9 Å². The molecule has 1 aliphatic heterocycles. The summed E-state index contributed by atoms with van der Waals surface area (Å²) in [6, 6.07) is 14.4. The van der Waals surface area contributed by atoms with E-state index < -0.39 is 22.0 Å². The first-order chi connectivity index (χ1) is 20.6. The summed E-state index contributed by atoms with van der Waals surface area (Å²) in [6.45, 7) is 7.93. The SMILES string of the molecule is CCCN(CCC)C(=O)c1c(NC(=O)c2ccc(S(=O)(=O)N(C)c3ccccc3)cc2)sc2c1CCN(C(=O)OCC)C2. The Hall–Kier alpha value is -3.90. The second kappa shape index (κ2) is 14.0. The predicted molar refractivity (Wildman–Crippen MR) is 168 cm³/mol. The van der Waals surface area contributed by atoms with Crippen molar-refractivity contribution in [1.82, 2.24) is 9.80 Å². The van der Waals surface area contributed by atoms with E-state index in [4.69, 9.17) is 4.74 Å². The number of amides is 3. The fourth-order valence-electron chi connectivity index (χ4n) is 4.99. The third-order valence-electron chi connectivity index (χ3n) is 7.19. The number of carbonyl (C=O) groups excluding carboxylic acids is 3. The molecule has 0 atom stereocenters. The van der Waals surface area contributed by atoms with Crippen LogP contribution >= 0.6 is 11.3 Å². The summed E-state index contributed by atoms with van der Waals surface area (Å²) in [7, 11) is -2.36. The molecule has 0 radical (unpaired) electrons. The van der Waals surface area contributed by atoms with Crippen LogP contribution in [0.4, 0.5) is 15.5 Å². The number of hydrogen-bond acceptors (Lipinski definition) is 7. The van der Waals surface area contributed by atoms with E-state index >= 15 is 0 Å². The maximum Gasteiger partial charge on any atom is 0.410 e. The summed E-state index contributed by atoms with van der Waals surface area (Å²) in [5.74, 6) is -0.612. The van der Waals surface area contributed by atoms with E-state index in [2.05, 4.69) is 5.32 Å². The van der Waals surface area contributed by atoms with E-state index in [1.165, 1.54) is 47.0 Å². The summed E-state index contributed by atoms with van der Waals surface area (Å²) in [5.41, 5.74) is 2.07. The molecular formula is C31H38N4O6S2. The number of nitrogens with one attached hydrogen (secondary N) is 1. The normalized spacial score (nSPS) is 12.8. The Bertz CT molecular complexity index is 1550. The lowest BCUT2D eigenvalue weighted by molar-refractivity contribution is 0.0755. The molecule has 230 valence electrons. The number of thiophene rings is 1. The van der Waals surface area contributed by atoms with Crippen molar-refractivity contribution in [2.75, 3.05) is 42.9 Å². The lowest BCUT2D eigenvalue weighted by atomic mass is 10.0. The number of sulfonamides is 1. The first-order valence-corrected chi connectivity index (χ1v) is 16.7. The Morgan fingerprint density at radius 1 is 0.977 bits per heavy atom. The fraction of sp³-hybridized carbons (Fsp3) is 0.387. The summed E-state index contributed by atoms with van der Waals surface area (Å²) < 4.78 is 32.7. The molecule has 1 aliphatic rings. The maximum absolute atomic E-state index is 13.9. The number of para-hydroxylation sites is 1. The molecule has 3 amide bonds. The molecule has 1 aromatic heterocycles. The molecule has 0 bridgehead atoms. The van der Waals surface area contributed by atoms with Crippen LogP contribution < -0.4 is 9.62 Å². The Balaban J connectivity index is 1.62. The van der Waals surface area contributed by atoms with Crippen molar-refractivity contribution in [3.63, 3.8) is 0 Å². The number of ether oxygens (including phenoxy) is 1. The standard InChI is InChI=1S/C31H38N4O6S2/c1-5-18-34(19-6-2)30(37)27-25-17-20-35(31(38)41-7-3)21-26(25)42-29(27)32-28(36)22-13-15-24(16-14-22)43(39,40)33(4)23-11-9-8-10-12-23/h8-16H,5-7,17-21H2,1-4H3,(H,32,36). The fourth-order valence-corrected chi connectivity index (χ4v) is 7.44. The van der Waals surface area contributed by atoms with Crippen LogP contribution in [0.3, 0.4) is 0 Å². The highest BCUT2D eigenvalue weighted by Gasteiger charge is 2.32. The summed E-state index contributed by atoms with van der Waals surface area (Å²) in [6.07, 6.45) is 1.65. The molecule has 0 saturated carbocycles. The molecule has 0 spiro atoms. The highest BCUT2D eigenvalue weighted by molar-refractivity contribution is 7.92. The summed E-state index contributed by atoms with van der Waals surface area (Å²) in [4.78, 5) is 44.0. The second-order valence-corrected chi connectivity index (χ2v) is 13.2. The minimum Gasteiger partial charge on any atom is -0.450 e. The van der Waals surface area contributed by atoms with Crippen LogP contribution in [0.1, 0.15) is 64.8 Å². The number of carbonyl (C=O) groups is 3. The zero-order chi connectivity index (χ0) is 31.1. The van der Waals surface area contributed by atoms with Gasteiger partial charge in [-0.15, -0.1) is 11.3 Å². The number of fused-ring (bicyclic) bond motifs is 1. The average molecular weight is 627 g/mol. The van der Waals surface area contributed by atoms with Crippen LogP contribution in [-0.2, 0) is 27.7 Å². The molecular weight excluding hydrogens is 588 g/mol. The van der Waals surface area contributed by atoms with Crippen molar-refractivity contribution in [2.45, 2.75) is 51.5 Å². The van der Waals surface area contributed by atoms with E-state index in [0.717, 1.165) is 23.3 Å². The van der Waals surface area contributed by atoms with E-state index in [1.807, 2.05) is 19.9 Å². The molecule has 2 aromatic carbocycles. The van der Waals surface area contributed by atoms with Crippen molar-refractivity contribution in [3.8, 4) is 0 Å². The van der Waals surface area contributed by atoms with E-state index in [1.54, 1.807) is 41.0 Å². The largest absolute Gasteiger partial charge is 0.450 e. The van der Waals surface area contributed by atoms with Gasteiger partial charge in [0.05, 0.1) is 29.3 Å².